The molecular formula is C15H28N2O. The lowest BCUT2D eigenvalue weighted by Crippen LogP contribution is -2.38. The van der Waals surface area contributed by atoms with Crippen LogP contribution in [-0.2, 0) is 4.74 Å². The molecule has 0 aromatic rings. The monoisotopic (exact) mass is 252 g/mol. The number of piperidine rings is 1. The van der Waals surface area contributed by atoms with Crippen molar-refractivity contribution in [1.82, 2.24) is 10.2 Å². The quantitative estimate of drug-likeness (QED) is 0.828. The SMILES string of the molecule is C1CCC2C(C1)CCN2CCOC1CCNCC1. The second kappa shape index (κ2) is 6.36. The van der Waals surface area contributed by atoms with Gasteiger partial charge in [0.2, 0.25) is 0 Å². The van der Waals surface area contributed by atoms with Gasteiger partial charge in [0.15, 0.2) is 0 Å². The third kappa shape index (κ3) is 3.06. The average molecular weight is 252 g/mol. The molecule has 3 aliphatic rings. The van der Waals surface area contributed by atoms with Crippen LogP contribution in [-0.4, -0.2) is 49.8 Å². The third-order valence-electron chi connectivity index (χ3n) is 5.14. The van der Waals surface area contributed by atoms with Crippen molar-refractivity contribution in [2.75, 3.05) is 32.8 Å². The Kier molecular flexibility index (Phi) is 4.55. The lowest BCUT2D eigenvalue weighted by Gasteiger charge is -2.32. The first-order valence-electron chi connectivity index (χ1n) is 8.00. The van der Waals surface area contributed by atoms with Crippen molar-refractivity contribution in [3.63, 3.8) is 0 Å². The van der Waals surface area contributed by atoms with Crippen LogP contribution >= 0.6 is 0 Å². The zero-order valence-electron chi connectivity index (χ0n) is 11.6. The van der Waals surface area contributed by atoms with Crippen molar-refractivity contribution in [3.05, 3.63) is 0 Å². The normalized spacial score (nSPS) is 34.7. The molecule has 3 fully saturated rings. The van der Waals surface area contributed by atoms with Crippen LogP contribution in [0.4, 0.5) is 0 Å². The van der Waals surface area contributed by atoms with Crippen LogP contribution in [0.25, 0.3) is 0 Å². The molecule has 2 unspecified atom stereocenters. The maximum Gasteiger partial charge on any atom is 0.0600 e. The summed E-state index contributed by atoms with van der Waals surface area (Å²) in [7, 11) is 0. The highest BCUT2D eigenvalue weighted by molar-refractivity contribution is 4.89. The van der Waals surface area contributed by atoms with Gasteiger partial charge in [-0.1, -0.05) is 12.8 Å². The summed E-state index contributed by atoms with van der Waals surface area (Å²) < 4.78 is 6.04. The van der Waals surface area contributed by atoms with Crippen molar-refractivity contribution < 1.29 is 4.74 Å². The lowest BCUT2D eigenvalue weighted by molar-refractivity contribution is 0.0155. The van der Waals surface area contributed by atoms with Crippen LogP contribution in [0.5, 0.6) is 0 Å². The van der Waals surface area contributed by atoms with Gasteiger partial charge in [0, 0.05) is 12.6 Å². The standard InChI is InChI=1S/C15H28N2O/c1-2-4-15-13(3-1)7-10-17(15)11-12-18-14-5-8-16-9-6-14/h13-16H,1-12H2. The number of fused-ring (bicyclic) bond motifs is 1. The number of likely N-dealkylation sites (tertiary alicyclic amines) is 1. The Morgan fingerprint density at radius 3 is 2.72 bits per heavy atom. The van der Waals surface area contributed by atoms with E-state index < -0.39 is 0 Å². The van der Waals surface area contributed by atoms with E-state index in [4.69, 9.17) is 4.74 Å². The summed E-state index contributed by atoms with van der Waals surface area (Å²) in [6, 6.07) is 0.898. The van der Waals surface area contributed by atoms with Gasteiger partial charge in [-0.15, -0.1) is 0 Å². The zero-order valence-corrected chi connectivity index (χ0v) is 11.6. The molecule has 1 N–H and O–H groups in total. The predicted molar refractivity (Wildman–Crippen MR) is 73.8 cm³/mol. The van der Waals surface area contributed by atoms with E-state index in [1.54, 1.807) is 0 Å². The summed E-state index contributed by atoms with van der Waals surface area (Å²) in [5, 5.41) is 3.39. The average Bonchev–Trinajstić information content (AvgIpc) is 2.84. The topological polar surface area (TPSA) is 24.5 Å². The smallest absolute Gasteiger partial charge is 0.0600 e. The van der Waals surface area contributed by atoms with Crippen LogP contribution in [0.2, 0.25) is 0 Å². The molecule has 0 aromatic carbocycles. The summed E-state index contributed by atoms with van der Waals surface area (Å²) >= 11 is 0. The molecule has 3 heteroatoms. The van der Waals surface area contributed by atoms with Gasteiger partial charge in [0.1, 0.15) is 0 Å². The molecule has 1 aliphatic carbocycles. The van der Waals surface area contributed by atoms with Crippen LogP contribution in [0.15, 0.2) is 0 Å². The lowest BCUT2D eigenvalue weighted by atomic mass is 9.85. The number of nitrogens with zero attached hydrogens (tertiary/aromatic N) is 1. The van der Waals surface area contributed by atoms with Crippen molar-refractivity contribution >= 4 is 0 Å². The molecule has 0 radical (unpaired) electrons. The minimum absolute atomic E-state index is 0.524. The molecule has 0 spiro atoms. The van der Waals surface area contributed by atoms with E-state index in [0.717, 1.165) is 31.7 Å². The summed E-state index contributed by atoms with van der Waals surface area (Å²) in [6.07, 6.45) is 10.2. The summed E-state index contributed by atoms with van der Waals surface area (Å²) in [6.45, 7) is 5.72. The second-order valence-corrected chi connectivity index (χ2v) is 6.26. The maximum atomic E-state index is 6.04. The van der Waals surface area contributed by atoms with Gasteiger partial charge < -0.3 is 10.1 Å². The van der Waals surface area contributed by atoms with E-state index in [0.29, 0.717) is 6.10 Å². The van der Waals surface area contributed by atoms with E-state index in [9.17, 15) is 0 Å². The van der Waals surface area contributed by atoms with Gasteiger partial charge in [-0.25, -0.2) is 0 Å². The fourth-order valence-electron chi connectivity index (χ4n) is 4.08. The van der Waals surface area contributed by atoms with Gasteiger partial charge in [-0.05, 0) is 57.7 Å². The highest BCUT2D eigenvalue weighted by Crippen LogP contribution is 2.35. The van der Waals surface area contributed by atoms with E-state index in [-0.39, 0.29) is 0 Å². The Balaban J connectivity index is 1.37. The van der Waals surface area contributed by atoms with E-state index in [2.05, 4.69) is 10.2 Å². The van der Waals surface area contributed by atoms with E-state index in [1.165, 1.54) is 58.0 Å². The molecule has 3 rings (SSSR count). The molecule has 0 bridgehead atoms. The molecule has 2 saturated heterocycles. The van der Waals surface area contributed by atoms with Crippen molar-refractivity contribution in [1.29, 1.82) is 0 Å². The second-order valence-electron chi connectivity index (χ2n) is 6.26. The molecule has 0 aromatic heterocycles. The Bertz CT molecular complexity index is 253. The highest BCUT2D eigenvalue weighted by Gasteiger charge is 2.35. The highest BCUT2D eigenvalue weighted by atomic mass is 16.5. The molecule has 3 nitrogen and oxygen atoms in total. The molecule has 1 saturated carbocycles. The number of rotatable bonds is 4. The van der Waals surface area contributed by atoms with Crippen molar-refractivity contribution in [2.24, 2.45) is 5.92 Å². The Labute approximate surface area is 111 Å². The van der Waals surface area contributed by atoms with Gasteiger partial charge >= 0.3 is 0 Å². The number of hydrogen-bond donors (Lipinski definition) is 1. The fourth-order valence-corrected chi connectivity index (χ4v) is 4.08. The Hall–Kier alpha value is -0.120. The Morgan fingerprint density at radius 2 is 1.83 bits per heavy atom. The first-order valence-corrected chi connectivity index (χ1v) is 8.00. The number of nitrogens with one attached hydrogen (secondary N) is 1. The van der Waals surface area contributed by atoms with Gasteiger partial charge in [-0.2, -0.15) is 0 Å². The molecule has 104 valence electrons. The first kappa shape index (κ1) is 12.9. The van der Waals surface area contributed by atoms with Crippen molar-refractivity contribution in [2.45, 2.75) is 57.1 Å². The van der Waals surface area contributed by atoms with Gasteiger partial charge in [0.25, 0.3) is 0 Å². The molecule has 2 aliphatic heterocycles. The molecule has 2 atom stereocenters. The molecule has 18 heavy (non-hydrogen) atoms. The van der Waals surface area contributed by atoms with E-state index in [1.807, 2.05) is 0 Å². The molecule has 0 amide bonds. The summed E-state index contributed by atoms with van der Waals surface area (Å²) in [5.41, 5.74) is 0. The summed E-state index contributed by atoms with van der Waals surface area (Å²) in [5.74, 6) is 1.01. The van der Waals surface area contributed by atoms with Gasteiger partial charge in [0.05, 0.1) is 12.7 Å². The van der Waals surface area contributed by atoms with Crippen LogP contribution in [0.1, 0.15) is 44.9 Å². The van der Waals surface area contributed by atoms with Crippen LogP contribution < -0.4 is 5.32 Å². The third-order valence-corrected chi connectivity index (χ3v) is 5.14. The maximum absolute atomic E-state index is 6.04. The number of hydrogen-bond acceptors (Lipinski definition) is 3. The largest absolute Gasteiger partial charge is 0.377 e. The minimum atomic E-state index is 0.524. The Morgan fingerprint density at radius 1 is 1.00 bits per heavy atom. The number of ether oxygens (including phenoxy) is 1. The van der Waals surface area contributed by atoms with Crippen LogP contribution in [0.3, 0.4) is 0 Å². The summed E-state index contributed by atoms with van der Waals surface area (Å²) in [4.78, 5) is 2.71. The van der Waals surface area contributed by atoms with Crippen LogP contribution in [0, 0.1) is 5.92 Å². The van der Waals surface area contributed by atoms with E-state index >= 15 is 0 Å². The predicted octanol–water partition coefficient (Wildman–Crippen LogP) is 2.02. The van der Waals surface area contributed by atoms with Crippen molar-refractivity contribution in [3.8, 4) is 0 Å². The fraction of sp³-hybridized carbons (Fsp3) is 1.00. The molecule has 2 heterocycles. The minimum Gasteiger partial charge on any atom is -0.377 e. The zero-order chi connectivity index (χ0) is 12.2. The first-order chi connectivity index (χ1) is 8.93. The van der Waals surface area contributed by atoms with Gasteiger partial charge in [-0.3, -0.25) is 4.90 Å². The molecular weight excluding hydrogens is 224 g/mol.